The summed E-state index contributed by atoms with van der Waals surface area (Å²) >= 11 is 0. The minimum absolute atomic E-state index is 0.0578. The van der Waals surface area contributed by atoms with Gasteiger partial charge in [-0.25, -0.2) is 9.78 Å². The van der Waals surface area contributed by atoms with Crippen molar-refractivity contribution in [3.05, 3.63) is 23.9 Å². The molecule has 2 heterocycles. The molecule has 6 heteroatoms. The maximum atomic E-state index is 11.1. The lowest BCUT2D eigenvalue weighted by Gasteiger charge is -2.19. The summed E-state index contributed by atoms with van der Waals surface area (Å²) < 4.78 is 16.5. The van der Waals surface area contributed by atoms with E-state index in [9.17, 15) is 4.79 Å². The summed E-state index contributed by atoms with van der Waals surface area (Å²) in [5, 5.41) is 9.81. The molecule has 0 spiro atoms. The Hall–Kier alpha value is -2.50. The third kappa shape index (κ3) is 2.09. The molecule has 0 atom stereocenters. The van der Waals surface area contributed by atoms with Crippen molar-refractivity contribution in [1.82, 2.24) is 4.98 Å². The van der Waals surface area contributed by atoms with Crippen LogP contribution in [-0.4, -0.2) is 35.9 Å². The summed E-state index contributed by atoms with van der Waals surface area (Å²) in [6.07, 6.45) is 0. The van der Waals surface area contributed by atoms with Crippen molar-refractivity contribution < 1.29 is 24.1 Å². The van der Waals surface area contributed by atoms with Gasteiger partial charge in [0.25, 0.3) is 0 Å². The number of hydrogen-bond donors (Lipinski definition) is 1. The normalized spacial score (nSPS) is 13.2. The van der Waals surface area contributed by atoms with Crippen LogP contribution < -0.4 is 14.2 Å². The van der Waals surface area contributed by atoms with Crippen LogP contribution in [0.5, 0.6) is 17.2 Å². The molecule has 1 aromatic heterocycles. The predicted molar refractivity (Wildman–Crippen MR) is 70.9 cm³/mol. The van der Waals surface area contributed by atoms with Crippen LogP contribution in [0.25, 0.3) is 10.9 Å². The lowest BCUT2D eigenvalue weighted by atomic mass is 10.1. The Morgan fingerprint density at radius 1 is 1.30 bits per heavy atom. The Balaban J connectivity index is 2.24. The molecule has 6 nitrogen and oxygen atoms in total. The highest BCUT2D eigenvalue weighted by Crippen LogP contribution is 2.37. The van der Waals surface area contributed by atoms with E-state index < -0.39 is 5.97 Å². The highest BCUT2D eigenvalue weighted by atomic mass is 16.6. The second kappa shape index (κ2) is 4.88. The fourth-order valence-electron chi connectivity index (χ4n) is 2.12. The van der Waals surface area contributed by atoms with Gasteiger partial charge in [0.1, 0.15) is 19.0 Å². The van der Waals surface area contributed by atoms with Gasteiger partial charge in [-0.2, -0.15) is 0 Å². The van der Waals surface area contributed by atoms with Crippen molar-refractivity contribution in [1.29, 1.82) is 0 Å². The van der Waals surface area contributed by atoms with Crippen LogP contribution in [0, 0.1) is 0 Å². The number of carboxylic acid groups (broad SMARTS) is 1. The molecule has 1 N–H and O–H groups in total. The topological polar surface area (TPSA) is 77.9 Å². The number of carbonyl (C=O) groups is 1. The summed E-state index contributed by atoms with van der Waals surface area (Å²) in [7, 11) is 0. The summed E-state index contributed by atoms with van der Waals surface area (Å²) in [5.74, 6) is 0.574. The zero-order chi connectivity index (χ0) is 14.1. The Bertz CT molecular complexity index is 683. The van der Waals surface area contributed by atoms with E-state index in [0.29, 0.717) is 48.0 Å². The van der Waals surface area contributed by atoms with Crippen LogP contribution in [0.15, 0.2) is 18.2 Å². The van der Waals surface area contributed by atoms with Crippen molar-refractivity contribution in [2.75, 3.05) is 19.8 Å². The molecule has 0 radical (unpaired) electrons. The van der Waals surface area contributed by atoms with Crippen molar-refractivity contribution in [2.45, 2.75) is 6.92 Å². The smallest absolute Gasteiger partial charge is 0.354 e. The number of hydrogen-bond acceptors (Lipinski definition) is 5. The quantitative estimate of drug-likeness (QED) is 0.924. The van der Waals surface area contributed by atoms with E-state index in [1.807, 2.05) is 6.92 Å². The summed E-state index contributed by atoms with van der Waals surface area (Å²) in [4.78, 5) is 15.2. The average molecular weight is 275 g/mol. The second-order valence-corrected chi connectivity index (χ2v) is 4.26. The molecule has 0 amide bonds. The number of nitrogens with zero attached hydrogens (tertiary/aromatic N) is 1. The van der Waals surface area contributed by atoms with Crippen LogP contribution >= 0.6 is 0 Å². The number of rotatable bonds is 3. The molecular formula is C14H13NO5. The molecule has 0 fully saturated rings. The Morgan fingerprint density at radius 2 is 2.00 bits per heavy atom. The van der Waals surface area contributed by atoms with Gasteiger partial charge in [-0.1, -0.05) is 0 Å². The van der Waals surface area contributed by atoms with Crippen molar-refractivity contribution >= 4 is 16.9 Å². The van der Waals surface area contributed by atoms with Crippen LogP contribution in [0.2, 0.25) is 0 Å². The van der Waals surface area contributed by atoms with Gasteiger partial charge in [0.2, 0.25) is 0 Å². The predicted octanol–water partition coefficient (Wildman–Crippen LogP) is 2.10. The first-order valence-corrected chi connectivity index (χ1v) is 6.29. The molecular weight excluding hydrogens is 262 g/mol. The standard InChI is InChI=1S/C14H13NO5/c1-2-18-11-7-10(14(16)17)15-9-6-13-12(5-8(9)11)19-3-4-20-13/h5-7H,2-4H2,1H3,(H,16,17). The van der Waals surface area contributed by atoms with Crippen LogP contribution in [-0.2, 0) is 0 Å². The molecule has 20 heavy (non-hydrogen) atoms. The molecule has 1 aromatic carbocycles. The van der Waals surface area contributed by atoms with Gasteiger partial charge in [0, 0.05) is 17.5 Å². The van der Waals surface area contributed by atoms with Gasteiger partial charge in [0.05, 0.1) is 12.1 Å². The fraction of sp³-hybridized carbons (Fsp3) is 0.286. The number of carboxylic acids is 1. The molecule has 0 saturated carbocycles. The first kappa shape index (κ1) is 12.5. The summed E-state index contributed by atoms with van der Waals surface area (Å²) in [6, 6.07) is 4.87. The maximum Gasteiger partial charge on any atom is 0.354 e. The van der Waals surface area contributed by atoms with Gasteiger partial charge in [-0.15, -0.1) is 0 Å². The van der Waals surface area contributed by atoms with Gasteiger partial charge < -0.3 is 19.3 Å². The minimum atomic E-state index is -1.09. The molecule has 1 aliphatic heterocycles. The van der Waals surface area contributed by atoms with Gasteiger partial charge >= 0.3 is 5.97 Å². The highest BCUT2D eigenvalue weighted by Gasteiger charge is 2.18. The molecule has 0 aliphatic carbocycles. The van der Waals surface area contributed by atoms with E-state index in [2.05, 4.69) is 4.98 Å². The van der Waals surface area contributed by atoms with Crippen molar-refractivity contribution in [2.24, 2.45) is 0 Å². The number of pyridine rings is 1. The first-order chi connectivity index (χ1) is 9.69. The zero-order valence-electron chi connectivity index (χ0n) is 10.9. The number of fused-ring (bicyclic) bond motifs is 2. The molecule has 104 valence electrons. The third-order valence-electron chi connectivity index (χ3n) is 2.95. The molecule has 2 aromatic rings. The first-order valence-electron chi connectivity index (χ1n) is 6.29. The molecule has 1 aliphatic rings. The number of benzene rings is 1. The van der Waals surface area contributed by atoms with E-state index in [-0.39, 0.29) is 5.69 Å². The Kier molecular flexibility index (Phi) is 3.06. The van der Waals surface area contributed by atoms with Gasteiger partial charge in [-0.05, 0) is 13.0 Å². The van der Waals surface area contributed by atoms with Crippen molar-refractivity contribution in [3.63, 3.8) is 0 Å². The number of aromatic nitrogens is 1. The Labute approximate surface area is 114 Å². The van der Waals surface area contributed by atoms with Crippen LogP contribution in [0.4, 0.5) is 0 Å². The largest absolute Gasteiger partial charge is 0.493 e. The van der Waals surface area contributed by atoms with Crippen LogP contribution in [0.3, 0.4) is 0 Å². The van der Waals surface area contributed by atoms with Gasteiger partial charge in [0.15, 0.2) is 17.2 Å². The minimum Gasteiger partial charge on any atom is -0.493 e. The number of ether oxygens (including phenoxy) is 3. The maximum absolute atomic E-state index is 11.1. The monoisotopic (exact) mass is 275 g/mol. The van der Waals surface area contributed by atoms with Gasteiger partial charge in [-0.3, -0.25) is 0 Å². The lowest BCUT2D eigenvalue weighted by molar-refractivity contribution is 0.0690. The van der Waals surface area contributed by atoms with Crippen molar-refractivity contribution in [3.8, 4) is 17.2 Å². The van der Waals surface area contributed by atoms with E-state index in [1.54, 1.807) is 12.1 Å². The average Bonchev–Trinajstić information content (AvgIpc) is 2.45. The number of aromatic carboxylic acids is 1. The third-order valence-corrected chi connectivity index (χ3v) is 2.95. The summed E-state index contributed by atoms with van der Waals surface area (Å²) in [5.41, 5.74) is 0.454. The van der Waals surface area contributed by atoms with Crippen LogP contribution in [0.1, 0.15) is 17.4 Å². The lowest BCUT2D eigenvalue weighted by Crippen LogP contribution is -2.15. The Morgan fingerprint density at radius 3 is 2.65 bits per heavy atom. The SMILES string of the molecule is CCOc1cc(C(=O)O)nc2cc3c(cc12)OCCO3. The van der Waals surface area contributed by atoms with E-state index in [4.69, 9.17) is 19.3 Å². The molecule has 0 unspecified atom stereocenters. The zero-order valence-corrected chi connectivity index (χ0v) is 10.9. The van der Waals surface area contributed by atoms with E-state index in [0.717, 1.165) is 0 Å². The second-order valence-electron chi connectivity index (χ2n) is 4.26. The molecule has 0 bridgehead atoms. The van der Waals surface area contributed by atoms with E-state index in [1.165, 1.54) is 6.07 Å². The highest BCUT2D eigenvalue weighted by molar-refractivity contribution is 5.94. The summed E-state index contributed by atoms with van der Waals surface area (Å²) in [6.45, 7) is 3.23. The fourth-order valence-corrected chi connectivity index (χ4v) is 2.12. The molecule has 3 rings (SSSR count). The molecule has 0 saturated heterocycles. The van der Waals surface area contributed by atoms with E-state index >= 15 is 0 Å².